The molecular weight excluding hydrogens is 146 g/mol. The molecule has 0 rings (SSSR count). The van der Waals surface area contributed by atoms with E-state index in [4.69, 9.17) is 4.55 Å². The Morgan fingerprint density at radius 2 is 2.12 bits per heavy atom. The van der Waals surface area contributed by atoms with Gasteiger partial charge in [0.2, 0.25) is 0 Å². The van der Waals surface area contributed by atoms with Crippen molar-refractivity contribution in [3.63, 3.8) is 0 Å². The Morgan fingerprint density at radius 3 is 2.12 bits per heavy atom. The summed E-state index contributed by atoms with van der Waals surface area (Å²) in [6, 6.07) is 0. The van der Waals surface area contributed by atoms with E-state index in [0.29, 0.717) is 0 Å². The van der Waals surface area contributed by atoms with E-state index in [9.17, 15) is 12.8 Å². The van der Waals surface area contributed by atoms with E-state index in [0.717, 1.165) is 0 Å². The summed E-state index contributed by atoms with van der Waals surface area (Å²) >= 11 is 0.144. The minimum absolute atomic E-state index is 0.144. The molecule has 1 unspecified atom stereocenters. The molecule has 0 spiro atoms. The summed E-state index contributed by atoms with van der Waals surface area (Å²) in [7, 11) is -4.06. The summed E-state index contributed by atoms with van der Waals surface area (Å²) in [5.74, 6) is -0.751. The summed E-state index contributed by atoms with van der Waals surface area (Å²) in [5.41, 5.74) is 0. The molecule has 0 amide bonds. The molecule has 0 aliphatic carbocycles. The van der Waals surface area contributed by atoms with Crippen LogP contribution in [0.3, 0.4) is 0 Å². The SMILES string of the molecule is O=S(=O)(O)C[CH](F)[Na]. The number of halogens is 1. The molecule has 0 radical (unpaired) electrons. The Balaban J connectivity index is 3.75. The maximum absolute atomic E-state index is 11.7. The first-order chi connectivity index (χ1) is 3.42. The van der Waals surface area contributed by atoms with Gasteiger partial charge in [-0.05, 0) is 0 Å². The van der Waals surface area contributed by atoms with Crippen LogP contribution in [0.25, 0.3) is 0 Å². The van der Waals surface area contributed by atoms with Crippen molar-refractivity contribution in [1.29, 1.82) is 0 Å². The van der Waals surface area contributed by atoms with Crippen molar-refractivity contribution in [2.24, 2.45) is 0 Å². The van der Waals surface area contributed by atoms with Gasteiger partial charge in [-0.15, -0.1) is 0 Å². The van der Waals surface area contributed by atoms with Gasteiger partial charge < -0.3 is 0 Å². The van der Waals surface area contributed by atoms with Crippen molar-refractivity contribution >= 4 is 38.0 Å². The van der Waals surface area contributed by atoms with E-state index in [2.05, 4.69) is 0 Å². The third-order valence-corrected chi connectivity index (χ3v) is 2.32. The van der Waals surface area contributed by atoms with Gasteiger partial charge in [-0.2, -0.15) is 0 Å². The van der Waals surface area contributed by atoms with Crippen molar-refractivity contribution in [2.45, 2.75) is 3.42 Å². The zero-order chi connectivity index (χ0) is 6.78. The first-order valence-electron chi connectivity index (χ1n) is 2.01. The van der Waals surface area contributed by atoms with Crippen LogP contribution in [0.2, 0.25) is 0 Å². The molecule has 0 aromatic rings. The van der Waals surface area contributed by atoms with E-state index < -0.39 is 19.3 Å². The summed E-state index contributed by atoms with van der Waals surface area (Å²) < 4.78 is 37.9. The predicted molar refractivity (Wildman–Crippen MR) is 27.1 cm³/mol. The van der Waals surface area contributed by atoms with Crippen LogP contribution < -0.4 is 0 Å². The number of hydrogen-bond donors (Lipinski definition) is 1. The van der Waals surface area contributed by atoms with Gasteiger partial charge in [-0.1, -0.05) is 0 Å². The quantitative estimate of drug-likeness (QED) is 0.420. The van der Waals surface area contributed by atoms with Crippen LogP contribution >= 0.6 is 0 Å². The molecular formula is C2H4FNaO3S. The number of rotatable bonds is 2. The normalized spacial score (nSPS) is 16.0. The molecule has 0 saturated heterocycles. The molecule has 0 aromatic heterocycles. The molecule has 8 heavy (non-hydrogen) atoms. The van der Waals surface area contributed by atoms with Gasteiger partial charge >= 0.3 is 64.6 Å². The van der Waals surface area contributed by atoms with Crippen LogP contribution in [-0.2, 0) is 10.1 Å². The van der Waals surface area contributed by atoms with E-state index in [-0.39, 0.29) is 27.9 Å². The fourth-order valence-electron chi connectivity index (χ4n) is 0.290. The molecule has 1 atom stereocenters. The molecule has 1 N–H and O–H groups in total. The number of hydrogen-bond acceptors (Lipinski definition) is 2. The van der Waals surface area contributed by atoms with Gasteiger partial charge in [0.25, 0.3) is 0 Å². The summed E-state index contributed by atoms with van der Waals surface area (Å²) in [6.07, 6.45) is 0. The Kier molecular flexibility index (Phi) is 3.45. The molecule has 44 valence electrons. The second-order valence-electron chi connectivity index (χ2n) is 1.53. The molecule has 0 saturated carbocycles. The molecule has 3 nitrogen and oxygen atoms in total. The van der Waals surface area contributed by atoms with Crippen LogP contribution in [0.5, 0.6) is 0 Å². The van der Waals surface area contributed by atoms with E-state index in [1.807, 2.05) is 0 Å². The predicted octanol–water partition coefficient (Wildman–Crippen LogP) is -0.662. The van der Waals surface area contributed by atoms with Gasteiger partial charge in [0.1, 0.15) is 0 Å². The average molecular weight is 150 g/mol. The Morgan fingerprint density at radius 1 is 1.75 bits per heavy atom. The van der Waals surface area contributed by atoms with Gasteiger partial charge in [0, 0.05) is 0 Å². The summed E-state index contributed by atoms with van der Waals surface area (Å²) in [5, 5.41) is 0. The molecule has 0 aromatic carbocycles. The molecule has 0 aliphatic rings. The fourth-order valence-corrected chi connectivity index (χ4v) is 2.13. The van der Waals surface area contributed by atoms with Crippen LogP contribution in [0.15, 0.2) is 0 Å². The van der Waals surface area contributed by atoms with Gasteiger partial charge in [-0.25, -0.2) is 0 Å². The standard InChI is InChI=1S/C2H4FO3S.Na/c3-1-2-7(4,5)6;/h1H,2H2,(H,4,5,6);. The van der Waals surface area contributed by atoms with Crippen molar-refractivity contribution in [3.8, 4) is 0 Å². The molecule has 0 heterocycles. The second kappa shape index (κ2) is 3.12. The van der Waals surface area contributed by atoms with E-state index >= 15 is 0 Å². The first-order valence-corrected chi connectivity index (χ1v) is 4.77. The molecule has 0 fully saturated rings. The minimum atomic E-state index is -4.06. The van der Waals surface area contributed by atoms with Crippen molar-refractivity contribution < 1.29 is 17.4 Å². The monoisotopic (exact) mass is 150 g/mol. The van der Waals surface area contributed by atoms with Crippen LogP contribution in [0, 0.1) is 0 Å². The fraction of sp³-hybridized carbons (Fsp3) is 1.00. The van der Waals surface area contributed by atoms with Gasteiger partial charge in [0.15, 0.2) is 0 Å². The first kappa shape index (κ1) is 8.84. The zero-order valence-electron chi connectivity index (χ0n) is 4.33. The third-order valence-electron chi connectivity index (χ3n) is 0.440. The Labute approximate surface area is 64.4 Å². The number of alkyl halides is 1. The molecule has 0 bridgehead atoms. The summed E-state index contributed by atoms with van der Waals surface area (Å²) in [6.45, 7) is 0. The topological polar surface area (TPSA) is 54.4 Å². The van der Waals surface area contributed by atoms with Crippen molar-refractivity contribution in [3.05, 3.63) is 0 Å². The van der Waals surface area contributed by atoms with Crippen molar-refractivity contribution in [1.82, 2.24) is 0 Å². The van der Waals surface area contributed by atoms with Gasteiger partial charge in [-0.3, -0.25) is 0 Å². The third kappa shape index (κ3) is 6.84. The van der Waals surface area contributed by atoms with Crippen molar-refractivity contribution in [2.75, 3.05) is 5.75 Å². The molecule has 6 heteroatoms. The zero-order valence-corrected chi connectivity index (χ0v) is 7.15. The van der Waals surface area contributed by atoms with Gasteiger partial charge in [0.05, 0.1) is 0 Å². The van der Waals surface area contributed by atoms with E-state index in [1.54, 1.807) is 0 Å². The van der Waals surface area contributed by atoms with E-state index in [1.165, 1.54) is 0 Å². The average Bonchev–Trinajstić information content (AvgIpc) is 1.21. The van der Waals surface area contributed by atoms with Crippen LogP contribution in [-0.4, -0.2) is 50.1 Å². The Bertz CT molecular complexity index is 151. The van der Waals surface area contributed by atoms with Crippen LogP contribution in [0.1, 0.15) is 0 Å². The second-order valence-corrected chi connectivity index (χ2v) is 4.28. The summed E-state index contributed by atoms with van der Waals surface area (Å²) in [4.78, 5) is 0. The molecule has 0 aliphatic heterocycles. The van der Waals surface area contributed by atoms with Crippen LogP contribution in [0.4, 0.5) is 4.39 Å². The Hall–Kier alpha value is 0.840. The maximum atomic E-state index is 11.7.